The Morgan fingerprint density at radius 1 is 1.11 bits per heavy atom. The fourth-order valence-corrected chi connectivity index (χ4v) is 8.41. The lowest BCUT2D eigenvalue weighted by Crippen LogP contribution is -2.57. The van der Waals surface area contributed by atoms with Crippen LogP contribution in [-0.4, -0.2) is 94.1 Å². The molecule has 2 N–H and O–H groups in total. The average Bonchev–Trinajstić information content (AvgIpc) is 3.66. The number of carbonyl (C=O) groups is 2. The molecule has 0 bridgehead atoms. The van der Waals surface area contributed by atoms with E-state index in [1.807, 2.05) is 70.3 Å². The lowest BCUT2D eigenvalue weighted by atomic mass is 9.97. The van der Waals surface area contributed by atoms with E-state index in [-0.39, 0.29) is 53.7 Å². The third-order valence-electron chi connectivity index (χ3n) is 8.00. The van der Waals surface area contributed by atoms with Gasteiger partial charge in [0.2, 0.25) is 15.9 Å². The zero-order valence-corrected chi connectivity index (χ0v) is 29.3. The fourth-order valence-electron chi connectivity index (χ4n) is 5.89. The molecule has 2 aromatic heterocycles. The summed E-state index contributed by atoms with van der Waals surface area (Å²) >= 11 is 1.53. The maximum atomic E-state index is 14.0. The van der Waals surface area contributed by atoms with E-state index >= 15 is 0 Å². The number of hydrogen-bond acceptors (Lipinski definition) is 9. The first kappa shape index (κ1) is 35.5. The second-order valence-corrected chi connectivity index (χ2v) is 15.6. The van der Waals surface area contributed by atoms with Gasteiger partial charge in [0.15, 0.2) is 5.76 Å². The summed E-state index contributed by atoms with van der Waals surface area (Å²) in [6, 6.07) is 7.50. The number of aliphatic hydroxyl groups is 1. The van der Waals surface area contributed by atoms with E-state index < -0.39 is 34.1 Å². The summed E-state index contributed by atoms with van der Waals surface area (Å²) in [6.45, 7) is 13.7. The fraction of sp³-hybridized carbons (Fsp3) is 0.562. The van der Waals surface area contributed by atoms with E-state index in [4.69, 9.17) is 4.52 Å². The molecular weight excluding hydrogens is 629 g/mol. The zero-order chi connectivity index (χ0) is 33.8. The normalized spacial score (nSPS) is 16.1. The number of benzene rings is 1. The van der Waals surface area contributed by atoms with Gasteiger partial charge in [-0.05, 0) is 44.6 Å². The highest BCUT2D eigenvalue weighted by Crippen LogP contribution is 2.26. The molecule has 4 rings (SSSR count). The molecule has 3 aromatic rings. The molecular formula is C32H46N6O6S2. The number of nitrogens with one attached hydrogen (secondary N) is 1. The Labute approximate surface area is 275 Å². The number of aryl methyl sites for hydroxylation is 3. The number of aliphatic hydroxyl groups excluding tert-OH is 1. The number of hydrogen-bond donors (Lipinski definition) is 2. The average molecular weight is 675 g/mol. The summed E-state index contributed by atoms with van der Waals surface area (Å²) in [4.78, 5) is 35.3. The third-order valence-corrected chi connectivity index (χ3v) is 10.9. The van der Waals surface area contributed by atoms with Crippen LogP contribution >= 0.6 is 11.3 Å². The van der Waals surface area contributed by atoms with E-state index in [0.717, 1.165) is 16.3 Å². The second-order valence-electron chi connectivity index (χ2n) is 12.7. The van der Waals surface area contributed by atoms with E-state index in [2.05, 4.69) is 15.5 Å². The lowest BCUT2D eigenvalue weighted by molar-refractivity contribution is -0.128. The third kappa shape index (κ3) is 8.33. The van der Waals surface area contributed by atoms with E-state index in [0.29, 0.717) is 19.6 Å². The van der Waals surface area contributed by atoms with Gasteiger partial charge in [0, 0.05) is 31.6 Å². The summed E-state index contributed by atoms with van der Waals surface area (Å²) in [6.07, 6.45) is -1.02. The van der Waals surface area contributed by atoms with Crippen LogP contribution in [0.4, 0.5) is 4.79 Å². The molecule has 1 aliphatic rings. The van der Waals surface area contributed by atoms with Crippen LogP contribution in [0.1, 0.15) is 55.4 Å². The van der Waals surface area contributed by atoms with Crippen molar-refractivity contribution in [1.82, 2.24) is 29.6 Å². The van der Waals surface area contributed by atoms with Crippen LogP contribution in [0.3, 0.4) is 0 Å². The molecule has 1 fully saturated rings. The molecule has 3 atom stereocenters. The molecule has 14 heteroatoms. The largest absolute Gasteiger partial charge is 0.390 e. The molecule has 0 radical (unpaired) electrons. The zero-order valence-electron chi connectivity index (χ0n) is 27.6. The van der Waals surface area contributed by atoms with E-state index in [1.165, 1.54) is 15.6 Å². The lowest BCUT2D eigenvalue weighted by Gasteiger charge is -2.34. The van der Waals surface area contributed by atoms with Crippen LogP contribution in [0.5, 0.6) is 0 Å². The predicted molar refractivity (Wildman–Crippen MR) is 176 cm³/mol. The number of thiazole rings is 1. The number of rotatable bonds is 15. The number of nitrogens with zero attached hydrogens (tertiary/aromatic N) is 5. The molecule has 252 valence electrons. The maximum absolute atomic E-state index is 14.0. The number of carbonyl (C=O) groups excluding carboxylic acids is 2. The number of urea groups is 1. The highest BCUT2D eigenvalue weighted by atomic mass is 32.2. The summed E-state index contributed by atoms with van der Waals surface area (Å²) in [7, 11) is -4.08. The van der Waals surface area contributed by atoms with Crippen molar-refractivity contribution >= 4 is 33.3 Å². The quantitative estimate of drug-likeness (QED) is 0.248. The molecule has 3 amide bonds. The van der Waals surface area contributed by atoms with Crippen molar-refractivity contribution in [2.45, 2.75) is 84.5 Å². The van der Waals surface area contributed by atoms with Gasteiger partial charge in [0.1, 0.15) is 16.6 Å². The Balaban J connectivity index is 1.58. The highest BCUT2D eigenvalue weighted by Gasteiger charge is 2.41. The van der Waals surface area contributed by atoms with Crippen LogP contribution in [0, 0.1) is 32.6 Å². The Bertz CT molecular complexity index is 1570. The highest BCUT2D eigenvalue weighted by molar-refractivity contribution is 7.89. The predicted octanol–water partition coefficient (Wildman–Crippen LogP) is 3.75. The molecule has 0 aliphatic carbocycles. The van der Waals surface area contributed by atoms with E-state index in [1.54, 1.807) is 23.6 Å². The van der Waals surface area contributed by atoms with Gasteiger partial charge in [-0.2, -0.15) is 4.31 Å². The second kappa shape index (κ2) is 15.1. The number of sulfonamides is 1. The SMILES string of the molecule is Cc1nc(CN2CCN(C(C(=O)N[C@@H](Cc3ccccc3)[C@H](O)CN(CC(C)C)S(=O)(=O)c3c(C)noc3C)C(C)C)C2=O)cs1. The van der Waals surface area contributed by atoms with Crippen LogP contribution < -0.4 is 5.32 Å². The first-order valence-corrected chi connectivity index (χ1v) is 17.9. The van der Waals surface area contributed by atoms with Crippen LogP contribution in [-0.2, 0) is 27.8 Å². The molecule has 1 saturated heterocycles. The molecule has 12 nitrogen and oxygen atoms in total. The van der Waals surface area contributed by atoms with Gasteiger partial charge in [-0.15, -0.1) is 11.3 Å². The Morgan fingerprint density at radius 2 is 1.80 bits per heavy atom. The Morgan fingerprint density at radius 3 is 2.37 bits per heavy atom. The van der Waals surface area contributed by atoms with Crippen molar-refractivity contribution < 1.29 is 27.6 Å². The maximum Gasteiger partial charge on any atom is 0.321 e. The monoisotopic (exact) mass is 674 g/mol. The van der Waals surface area contributed by atoms with Crippen molar-refractivity contribution in [1.29, 1.82) is 0 Å². The topological polar surface area (TPSA) is 149 Å². The summed E-state index contributed by atoms with van der Waals surface area (Å²) < 4.78 is 34.1. The van der Waals surface area contributed by atoms with Crippen molar-refractivity contribution in [2.75, 3.05) is 26.2 Å². The van der Waals surface area contributed by atoms with Gasteiger partial charge in [-0.3, -0.25) is 4.79 Å². The molecule has 1 aliphatic heterocycles. The summed E-state index contributed by atoms with van der Waals surface area (Å²) in [5.41, 5.74) is 1.91. The summed E-state index contributed by atoms with van der Waals surface area (Å²) in [5, 5.41) is 21.4. The summed E-state index contributed by atoms with van der Waals surface area (Å²) in [5.74, 6) is -0.507. The van der Waals surface area contributed by atoms with Crippen LogP contribution in [0.15, 0.2) is 45.1 Å². The minimum Gasteiger partial charge on any atom is -0.390 e. The number of aromatic nitrogens is 2. The molecule has 1 aromatic carbocycles. The van der Waals surface area contributed by atoms with Crippen LogP contribution in [0.25, 0.3) is 0 Å². The van der Waals surface area contributed by atoms with Gasteiger partial charge < -0.3 is 24.7 Å². The van der Waals surface area contributed by atoms with Crippen molar-refractivity contribution in [3.8, 4) is 0 Å². The van der Waals surface area contributed by atoms with Crippen molar-refractivity contribution in [3.63, 3.8) is 0 Å². The Kier molecular flexibility index (Phi) is 11.6. The van der Waals surface area contributed by atoms with Gasteiger partial charge in [0.05, 0.1) is 29.4 Å². The number of amides is 3. The minimum absolute atomic E-state index is 0.0196. The first-order valence-electron chi connectivity index (χ1n) is 15.6. The minimum atomic E-state index is -4.08. The van der Waals surface area contributed by atoms with Gasteiger partial charge in [-0.25, -0.2) is 18.2 Å². The van der Waals surface area contributed by atoms with Crippen molar-refractivity contribution in [3.05, 3.63) is 63.4 Å². The first-order chi connectivity index (χ1) is 21.7. The van der Waals surface area contributed by atoms with Gasteiger partial charge in [-0.1, -0.05) is 63.2 Å². The molecule has 3 heterocycles. The van der Waals surface area contributed by atoms with Crippen molar-refractivity contribution in [2.24, 2.45) is 11.8 Å². The van der Waals surface area contributed by atoms with Crippen LogP contribution in [0.2, 0.25) is 0 Å². The van der Waals surface area contributed by atoms with E-state index in [9.17, 15) is 23.1 Å². The van der Waals surface area contributed by atoms with Gasteiger partial charge in [0.25, 0.3) is 0 Å². The molecule has 46 heavy (non-hydrogen) atoms. The molecule has 1 unspecified atom stereocenters. The standard InChI is InChI=1S/C32H46N6O6S2/c1-20(2)16-37(46(42,43)30-22(5)35-44-23(30)6)18-28(39)27(15-25-11-9-8-10-12-25)34-31(40)29(21(3)4)38-14-13-36(32(38)41)17-26-19-45-24(7)33-26/h8-12,19-21,27-29,39H,13-18H2,1-7H3,(H,34,40)/t27-,28+,29?/m0/s1. The molecule has 0 saturated carbocycles. The smallest absolute Gasteiger partial charge is 0.321 e. The Hall–Kier alpha value is -3.33. The van der Waals surface area contributed by atoms with Gasteiger partial charge >= 0.3 is 6.03 Å². The molecule has 0 spiro atoms.